The van der Waals surface area contributed by atoms with Crippen LogP contribution >= 0.6 is 0 Å². The number of carbonyl (C=O) groups excluding carboxylic acids is 1. The van der Waals surface area contributed by atoms with Crippen molar-refractivity contribution in [3.8, 4) is 0 Å². The van der Waals surface area contributed by atoms with Crippen LogP contribution in [0.4, 0.5) is 0 Å². The zero-order valence-electron chi connectivity index (χ0n) is 12.0. The van der Waals surface area contributed by atoms with Crippen LogP contribution < -0.4 is 5.32 Å². The predicted molar refractivity (Wildman–Crippen MR) is 78.4 cm³/mol. The van der Waals surface area contributed by atoms with Crippen molar-refractivity contribution in [1.82, 2.24) is 9.62 Å². The van der Waals surface area contributed by atoms with Crippen molar-refractivity contribution in [3.05, 3.63) is 29.8 Å². The molecule has 0 radical (unpaired) electrons. The average Bonchev–Trinajstić information content (AvgIpc) is 2.53. The molecule has 1 aliphatic heterocycles. The van der Waals surface area contributed by atoms with E-state index >= 15 is 0 Å². The molecule has 6 nitrogen and oxygen atoms in total. The van der Waals surface area contributed by atoms with E-state index in [-0.39, 0.29) is 10.8 Å². The van der Waals surface area contributed by atoms with Crippen LogP contribution in [-0.4, -0.2) is 52.0 Å². The smallest absolute Gasteiger partial charge is 0.243 e. The van der Waals surface area contributed by atoms with Crippen molar-refractivity contribution in [1.29, 1.82) is 0 Å². The highest BCUT2D eigenvalue weighted by atomic mass is 32.2. The van der Waals surface area contributed by atoms with Crippen LogP contribution in [0.2, 0.25) is 0 Å². The minimum Gasteiger partial charge on any atom is -0.379 e. The molecular weight excluding hydrogens is 292 g/mol. The van der Waals surface area contributed by atoms with Gasteiger partial charge in [-0.2, -0.15) is 4.31 Å². The van der Waals surface area contributed by atoms with Gasteiger partial charge in [0, 0.05) is 26.6 Å². The first-order valence-electron chi connectivity index (χ1n) is 6.91. The quantitative estimate of drug-likeness (QED) is 0.853. The summed E-state index contributed by atoms with van der Waals surface area (Å²) in [7, 11) is -1.84. The minimum atomic E-state index is -3.44. The number of amides is 1. The molecule has 0 spiro atoms. The normalized spacial score (nSPS) is 16.6. The number of nitrogens with zero attached hydrogens (tertiary/aromatic N) is 1. The summed E-state index contributed by atoms with van der Waals surface area (Å²) >= 11 is 0. The Kier molecular flexibility index (Phi) is 5.33. The molecule has 1 amide bonds. The van der Waals surface area contributed by atoms with Gasteiger partial charge in [-0.05, 0) is 24.1 Å². The van der Waals surface area contributed by atoms with Crippen LogP contribution in [0.5, 0.6) is 0 Å². The molecular formula is C14H20N2O4S. The molecule has 1 aromatic rings. The topological polar surface area (TPSA) is 75.7 Å². The number of carbonyl (C=O) groups is 1. The molecule has 2 rings (SSSR count). The van der Waals surface area contributed by atoms with Crippen molar-refractivity contribution in [2.75, 3.05) is 33.4 Å². The highest BCUT2D eigenvalue weighted by molar-refractivity contribution is 7.89. The number of hydrogen-bond acceptors (Lipinski definition) is 4. The maximum atomic E-state index is 12.4. The fraction of sp³-hybridized carbons (Fsp3) is 0.500. The zero-order chi connectivity index (χ0) is 15.3. The number of sulfonamides is 1. The summed E-state index contributed by atoms with van der Waals surface area (Å²) in [6.07, 6.45) is 0.990. The second-order valence-corrected chi connectivity index (χ2v) is 6.77. The Labute approximate surface area is 125 Å². The van der Waals surface area contributed by atoms with Gasteiger partial charge in [0.1, 0.15) is 0 Å². The zero-order valence-corrected chi connectivity index (χ0v) is 12.9. The van der Waals surface area contributed by atoms with Gasteiger partial charge in [-0.1, -0.05) is 12.1 Å². The lowest BCUT2D eigenvalue weighted by Gasteiger charge is -2.26. The van der Waals surface area contributed by atoms with Gasteiger partial charge in [0.05, 0.1) is 18.1 Å². The molecule has 1 saturated heterocycles. The summed E-state index contributed by atoms with van der Waals surface area (Å²) in [5.74, 6) is -0.0278. The summed E-state index contributed by atoms with van der Waals surface area (Å²) in [6, 6.07) is 6.72. The first kappa shape index (κ1) is 15.9. The SMILES string of the molecule is CNC(=O)CCc1ccc(S(=O)(=O)N2CCOCC2)cc1. The van der Waals surface area contributed by atoms with E-state index in [2.05, 4.69) is 5.32 Å². The molecule has 0 unspecified atom stereocenters. The number of morpholine rings is 1. The maximum Gasteiger partial charge on any atom is 0.243 e. The number of rotatable bonds is 5. The van der Waals surface area contributed by atoms with Crippen molar-refractivity contribution < 1.29 is 17.9 Å². The molecule has 0 aliphatic carbocycles. The van der Waals surface area contributed by atoms with E-state index in [1.165, 1.54) is 4.31 Å². The van der Waals surface area contributed by atoms with E-state index in [0.29, 0.717) is 39.1 Å². The van der Waals surface area contributed by atoms with E-state index in [1.54, 1.807) is 31.3 Å². The Morgan fingerprint density at radius 1 is 1.24 bits per heavy atom. The van der Waals surface area contributed by atoms with Crippen LogP contribution in [-0.2, 0) is 26.0 Å². The van der Waals surface area contributed by atoms with E-state index in [9.17, 15) is 13.2 Å². The molecule has 7 heteroatoms. The Morgan fingerprint density at radius 3 is 2.43 bits per heavy atom. The predicted octanol–water partition coefficient (Wildman–Crippen LogP) is 0.386. The third-order valence-electron chi connectivity index (χ3n) is 3.45. The van der Waals surface area contributed by atoms with Gasteiger partial charge < -0.3 is 10.1 Å². The monoisotopic (exact) mass is 312 g/mol. The second-order valence-electron chi connectivity index (χ2n) is 4.83. The van der Waals surface area contributed by atoms with Gasteiger partial charge in [0.2, 0.25) is 15.9 Å². The Balaban J connectivity index is 2.05. The number of nitrogens with one attached hydrogen (secondary N) is 1. The Hall–Kier alpha value is -1.44. The first-order chi connectivity index (χ1) is 10.0. The average molecular weight is 312 g/mol. The number of benzene rings is 1. The fourth-order valence-electron chi connectivity index (χ4n) is 2.15. The molecule has 1 aromatic carbocycles. The molecule has 0 atom stereocenters. The molecule has 0 bridgehead atoms. The van der Waals surface area contributed by atoms with Crippen LogP contribution in [0, 0.1) is 0 Å². The molecule has 0 saturated carbocycles. The van der Waals surface area contributed by atoms with Crippen LogP contribution in [0.1, 0.15) is 12.0 Å². The molecule has 1 N–H and O–H groups in total. The van der Waals surface area contributed by atoms with E-state index in [4.69, 9.17) is 4.74 Å². The summed E-state index contributed by atoms with van der Waals surface area (Å²) in [5, 5.41) is 2.56. The van der Waals surface area contributed by atoms with E-state index < -0.39 is 10.0 Å². The summed E-state index contributed by atoms with van der Waals surface area (Å²) < 4.78 is 31.4. The highest BCUT2D eigenvalue weighted by Gasteiger charge is 2.25. The highest BCUT2D eigenvalue weighted by Crippen LogP contribution is 2.18. The molecule has 1 fully saturated rings. The Bertz CT molecular complexity index is 577. The van der Waals surface area contributed by atoms with Gasteiger partial charge in [-0.25, -0.2) is 8.42 Å². The number of ether oxygens (including phenoxy) is 1. The van der Waals surface area contributed by atoms with Crippen molar-refractivity contribution >= 4 is 15.9 Å². The molecule has 1 aliphatic rings. The van der Waals surface area contributed by atoms with E-state index in [1.807, 2.05) is 0 Å². The van der Waals surface area contributed by atoms with Crippen LogP contribution in [0.15, 0.2) is 29.2 Å². The molecule has 21 heavy (non-hydrogen) atoms. The lowest BCUT2D eigenvalue weighted by Crippen LogP contribution is -2.40. The maximum absolute atomic E-state index is 12.4. The van der Waals surface area contributed by atoms with Crippen LogP contribution in [0.25, 0.3) is 0 Å². The van der Waals surface area contributed by atoms with Gasteiger partial charge in [-0.15, -0.1) is 0 Å². The van der Waals surface area contributed by atoms with Gasteiger partial charge >= 0.3 is 0 Å². The third kappa shape index (κ3) is 4.03. The first-order valence-corrected chi connectivity index (χ1v) is 8.35. The molecule has 0 aromatic heterocycles. The van der Waals surface area contributed by atoms with Crippen LogP contribution in [0.3, 0.4) is 0 Å². The summed E-state index contributed by atoms with van der Waals surface area (Å²) in [5.41, 5.74) is 0.944. The van der Waals surface area contributed by atoms with Crippen molar-refractivity contribution in [3.63, 3.8) is 0 Å². The standard InChI is InChI=1S/C14H20N2O4S/c1-15-14(17)7-4-12-2-5-13(6-3-12)21(18,19)16-8-10-20-11-9-16/h2-3,5-6H,4,7-11H2,1H3,(H,15,17). The molecule has 1 heterocycles. The van der Waals surface area contributed by atoms with Gasteiger partial charge in [0.15, 0.2) is 0 Å². The van der Waals surface area contributed by atoms with E-state index in [0.717, 1.165) is 5.56 Å². The Morgan fingerprint density at radius 2 is 1.86 bits per heavy atom. The summed E-state index contributed by atoms with van der Waals surface area (Å²) in [6.45, 7) is 1.65. The van der Waals surface area contributed by atoms with Crippen molar-refractivity contribution in [2.24, 2.45) is 0 Å². The van der Waals surface area contributed by atoms with Gasteiger partial charge in [-0.3, -0.25) is 4.79 Å². The second kappa shape index (κ2) is 7.02. The lowest BCUT2D eigenvalue weighted by atomic mass is 10.1. The third-order valence-corrected chi connectivity index (χ3v) is 5.36. The lowest BCUT2D eigenvalue weighted by molar-refractivity contribution is -0.120. The largest absolute Gasteiger partial charge is 0.379 e. The van der Waals surface area contributed by atoms with Gasteiger partial charge in [0.25, 0.3) is 0 Å². The number of aryl methyl sites for hydroxylation is 1. The molecule has 116 valence electrons. The fourth-order valence-corrected chi connectivity index (χ4v) is 3.55. The van der Waals surface area contributed by atoms with Crippen molar-refractivity contribution in [2.45, 2.75) is 17.7 Å². The minimum absolute atomic E-state index is 0.0278. The summed E-state index contributed by atoms with van der Waals surface area (Å²) in [4.78, 5) is 11.5. The number of hydrogen-bond donors (Lipinski definition) is 1.